The van der Waals surface area contributed by atoms with Gasteiger partial charge in [-0.15, -0.1) is 11.6 Å². The molecule has 2 nitrogen and oxygen atoms in total. The molecule has 1 unspecified atom stereocenters. The van der Waals surface area contributed by atoms with Crippen LogP contribution in [0.15, 0.2) is 39.3 Å². The van der Waals surface area contributed by atoms with Crippen LogP contribution < -0.4 is 9.47 Å². The molecule has 2 aromatic carbocycles. The molecule has 0 aromatic heterocycles. The number of rotatable bonds is 2. The van der Waals surface area contributed by atoms with Crippen molar-refractivity contribution in [2.75, 3.05) is 13.2 Å². The lowest BCUT2D eigenvalue weighted by atomic mass is 10.0. The molecule has 1 aliphatic rings. The maximum absolute atomic E-state index is 14.2. The normalized spacial score (nSPS) is 14.9. The Kier molecular flexibility index (Phi) is 4.43. The van der Waals surface area contributed by atoms with Crippen LogP contribution in [0.5, 0.6) is 11.5 Å². The van der Waals surface area contributed by atoms with Gasteiger partial charge in [-0.05, 0) is 39.7 Å². The fraction of sp³-hybridized carbons (Fsp3) is 0.200. The third-order valence-corrected chi connectivity index (χ3v) is 4.96. The van der Waals surface area contributed by atoms with Crippen LogP contribution in [0.3, 0.4) is 0 Å². The number of halogens is 4. The monoisotopic (exact) mass is 434 g/mol. The molecule has 2 aromatic rings. The molecule has 1 atom stereocenters. The Bertz CT molecular complexity index is 694. The topological polar surface area (TPSA) is 18.5 Å². The standard InChI is InChI=1S/C15H10Br2ClFO2/c16-10-3-1-2-8(15(10)19)14(18)9-6-12-13(7-11(9)17)21-5-4-20-12/h1-3,6-7,14H,4-5H2. The quantitative estimate of drug-likeness (QED) is 0.583. The van der Waals surface area contributed by atoms with Gasteiger partial charge in [0.2, 0.25) is 0 Å². The van der Waals surface area contributed by atoms with E-state index in [1.54, 1.807) is 30.3 Å². The summed E-state index contributed by atoms with van der Waals surface area (Å²) in [5, 5.41) is -0.632. The maximum Gasteiger partial charge on any atom is 0.162 e. The second-order valence-corrected chi connectivity index (χ2v) is 6.67. The molecular weight excluding hydrogens is 426 g/mol. The molecular formula is C15H10Br2ClFO2. The van der Waals surface area contributed by atoms with E-state index >= 15 is 0 Å². The van der Waals surface area contributed by atoms with Gasteiger partial charge in [-0.1, -0.05) is 28.1 Å². The Morgan fingerprint density at radius 2 is 1.67 bits per heavy atom. The smallest absolute Gasteiger partial charge is 0.162 e. The number of benzene rings is 2. The fourth-order valence-electron chi connectivity index (χ4n) is 2.16. The van der Waals surface area contributed by atoms with Crippen molar-refractivity contribution in [3.8, 4) is 11.5 Å². The van der Waals surface area contributed by atoms with Crippen molar-refractivity contribution in [3.63, 3.8) is 0 Å². The summed E-state index contributed by atoms with van der Waals surface area (Å²) in [5.41, 5.74) is 1.14. The van der Waals surface area contributed by atoms with Crippen molar-refractivity contribution < 1.29 is 13.9 Å². The summed E-state index contributed by atoms with van der Waals surface area (Å²) in [4.78, 5) is 0. The summed E-state index contributed by atoms with van der Waals surface area (Å²) in [6.07, 6.45) is 0. The Morgan fingerprint density at radius 1 is 1.00 bits per heavy atom. The first-order valence-corrected chi connectivity index (χ1v) is 8.27. The van der Waals surface area contributed by atoms with Gasteiger partial charge in [0.15, 0.2) is 11.5 Å². The number of fused-ring (bicyclic) bond motifs is 1. The molecule has 0 radical (unpaired) electrons. The highest BCUT2D eigenvalue weighted by Crippen LogP contribution is 2.42. The minimum Gasteiger partial charge on any atom is -0.486 e. The Morgan fingerprint density at radius 3 is 2.38 bits per heavy atom. The third kappa shape index (κ3) is 2.91. The van der Waals surface area contributed by atoms with Crippen LogP contribution in [-0.4, -0.2) is 13.2 Å². The van der Waals surface area contributed by atoms with Gasteiger partial charge in [-0.3, -0.25) is 0 Å². The Balaban J connectivity index is 2.05. The van der Waals surface area contributed by atoms with E-state index in [0.29, 0.717) is 34.7 Å². The number of alkyl halides is 1. The average molecular weight is 437 g/mol. The molecule has 110 valence electrons. The van der Waals surface area contributed by atoms with Gasteiger partial charge in [-0.2, -0.15) is 0 Å². The second-order valence-electron chi connectivity index (χ2n) is 4.52. The van der Waals surface area contributed by atoms with Gasteiger partial charge in [0, 0.05) is 10.0 Å². The average Bonchev–Trinajstić information content (AvgIpc) is 2.48. The largest absolute Gasteiger partial charge is 0.486 e. The zero-order valence-electron chi connectivity index (χ0n) is 10.7. The minimum absolute atomic E-state index is 0.362. The molecule has 6 heteroatoms. The highest BCUT2D eigenvalue weighted by atomic mass is 79.9. The number of hydrogen-bond acceptors (Lipinski definition) is 2. The SMILES string of the molecule is Fc1c(Br)cccc1C(Cl)c1cc2c(cc1Br)OCCO2. The number of ether oxygens (including phenoxy) is 2. The van der Waals surface area contributed by atoms with Crippen molar-refractivity contribution in [3.05, 3.63) is 56.2 Å². The first-order chi connectivity index (χ1) is 10.1. The lowest BCUT2D eigenvalue weighted by Gasteiger charge is -2.21. The molecule has 3 rings (SSSR count). The summed E-state index contributed by atoms with van der Waals surface area (Å²) in [6, 6.07) is 8.65. The molecule has 0 fully saturated rings. The Labute approximate surface area is 143 Å². The van der Waals surface area contributed by atoms with Crippen LogP contribution in [0.4, 0.5) is 4.39 Å². The molecule has 0 spiro atoms. The zero-order valence-corrected chi connectivity index (χ0v) is 14.6. The van der Waals surface area contributed by atoms with Gasteiger partial charge in [0.05, 0.1) is 9.85 Å². The van der Waals surface area contributed by atoms with Crippen molar-refractivity contribution in [1.29, 1.82) is 0 Å². The van der Waals surface area contributed by atoms with E-state index in [1.807, 2.05) is 0 Å². The molecule has 0 amide bonds. The van der Waals surface area contributed by atoms with Crippen molar-refractivity contribution in [2.24, 2.45) is 0 Å². The van der Waals surface area contributed by atoms with Crippen molar-refractivity contribution in [2.45, 2.75) is 5.38 Å². The van der Waals surface area contributed by atoms with Crippen LogP contribution in [-0.2, 0) is 0 Å². The first-order valence-electron chi connectivity index (χ1n) is 6.25. The van der Waals surface area contributed by atoms with Crippen molar-refractivity contribution in [1.82, 2.24) is 0 Å². The van der Waals surface area contributed by atoms with E-state index < -0.39 is 5.38 Å². The molecule has 0 saturated heterocycles. The number of hydrogen-bond donors (Lipinski definition) is 0. The van der Waals surface area contributed by atoms with E-state index in [0.717, 1.165) is 10.0 Å². The summed E-state index contributed by atoms with van der Waals surface area (Å²) in [6.45, 7) is 1.01. The van der Waals surface area contributed by atoms with E-state index in [-0.39, 0.29) is 5.82 Å². The molecule has 0 N–H and O–H groups in total. The third-order valence-electron chi connectivity index (χ3n) is 3.19. The lowest BCUT2D eigenvalue weighted by Crippen LogP contribution is -2.15. The molecule has 1 aliphatic heterocycles. The predicted molar refractivity (Wildman–Crippen MR) is 86.9 cm³/mol. The van der Waals surface area contributed by atoms with Crippen LogP contribution in [0.1, 0.15) is 16.5 Å². The summed E-state index contributed by atoms with van der Waals surface area (Å²) < 4.78 is 26.4. The lowest BCUT2D eigenvalue weighted by molar-refractivity contribution is 0.171. The van der Waals surface area contributed by atoms with Gasteiger partial charge in [0.1, 0.15) is 19.0 Å². The molecule has 0 bridgehead atoms. The van der Waals surface area contributed by atoms with Gasteiger partial charge >= 0.3 is 0 Å². The predicted octanol–water partition coefficient (Wildman–Crippen LogP) is 5.45. The van der Waals surface area contributed by atoms with Crippen LogP contribution >= 0.6 is 43.5 Å². The van der Waals surface area contributed by atoms with Crippen LogP contribution in [0.25, 0.3) is 0 Å². The van der Waals surface area contributed by atoms with Crippen molar-refractivity contribution >= 4 is 43.5 Å². The van der Waals surface area contributed by atoms with E-state index in [9.17, 15) is 4.39 Å². The second kappa shape index (κ2) is 6.15. The highest BCUT2D eigenvalue weighted by Gasteiger charge is 2.23. The van der Waals surface area contributed by atoms with Gasteiger partial charge < -0.3 is 9.47 Å². The molecule has 0 saturated carbocycles. The molecule has 1 heterocycles. The molecule has 0 aliphatic carbocycles. The fourth-order valence-corrected chi connectivity index (χ4v) is 3.57. The summed E-state index contributed by atoms with van der Waals surface area (Å²) >= 11 is 13.1. The van der Waals surface area contributed by atoms with E-state index in [2.05, 4.69) is 31.9 Å². The first kappa shape index (κ1) is 15.1. The van der Waals surface area contributed by atoms with Crippen LogP contribution in [0, 0.1) is 5.82 Å². The zero-order chi connectivity index (χ0) is 15.0. The van der Waals surface area contributed by atoms with E-state index in [4.69, 9.17) is 21.1 Å². The highest BCUT2D eigenvalue weighted by molar-refractivity contribution is 9.10. The van der Waals surface area contributed by atoms with Gasteiger partial charge in [-0.25, -0.2) is 4.39 Å². The summed E-state index contributed by atoms with van der Waals surface area (Å²) in [7, 11) is 0. The maximum atomic E-state index is 14.2. The van der Waals surface area contributed by atoms with Gasteiger partial charge in [0.25, 0.3) is 0 Å². The van der Waals surface area contributed by atoms with Crippen LogP contribution in [0.2, 0.25) is 0 Å². The minimum atomic E-state index is -0.632. The Hall–Kier alpha value is -0.780. The molecule has 21 heavy (non-hydrogen) atoms. The van der Waals surface area contributed by atoms with E-state index in [1.165, 1.54) is 0 Å². The summed E-state index contributed by atoms with van der Waals surface area (Å²) in [5.74, 6) is 0.926.